The Morgan fingerprint density at radius 1 is 0.687 bits per heavy atom. The summed E-state index contributed by atoms with van der Waals surface area (Å²) in [7, 11) is 3.04. The minimum Gasteiger partial charge on any atom is -0.471 e. The maximum atomic E-state index is 15.1. The molecule has 360 valence electrons. The highest BCUT2D eigenvalue weighted by atomic mass is 16.7. The number of rotatable bonds is 2. The second kappa shape index (κ2) is 13.3. The molecule has 6 saturated carbocycles. The van der Waals surface area contributed by atoms with Crippen LogP contribution in [0.4, 0.5) is 0 Å². The van der Waals surface area contributed by atoms with Crippen molar-refractivity contribution in [2.45, 2.75) is 183 Å². The molecule has 1 aliphatic heterocycles. The summed E-state index contributed by atoms with van der Waals surface area (Å²) in [5.74, 6) is -0.143. The number of fused-ring (bicyclic) bond motifs is 17. The van der Waals surface area contributed by atoms with E-state index in [0.717, 1.165) is 93.8 Å². The van der Waals surface area contributed by atoms with E-state index in [0.29, 0.717) is 40.7 Å². The number of hydrogen-bond donors (Lipinski definition) is 0. The van der Waals surface area contributed by atoms with Crippen molar-refractivity contribution in [2.24, 2.45) is 61.1 Å². The molecule has 0 amide bonds. The van der Waals surface area contributed by atoms with Gasteiger partial charge in [-0.2, -0.15) is 0 Å². The molecule has 11 rings (SSSR count). The molecule has 0 spiro atoms. The molecule has 8 nitrogen and oxygen atoms in total. The molecular formula is C59H76O8. The summed E-state index contributed by atoms with van der Waals surface area (Å²) < 4.78 is 26.2. The molecule has 6 fully saturated rings. The summed E-state index contributed by atoms with van der Waals surface area (Å²) in [6, 6.07) is 2.08. The molecule has 0 aromatic heterocycles. The molecule has 1 aromatic rings. The van der Waals surface area contributed by atoms with Crippen LogP contribution in [-0.2, 0) is 29.3 Å². The fourth-order valence-corrected chi connectivity index (χ4v) is 18.7. The lowest BCUT2D eigenvalue weighted by atomic mass is 9.34. The van der Waals surface area contributed by atoms with Gasteiger partial charge in [0.2, 0.25) is 11.4 Å². The highest BCUT2D eigenvalue weighted by Crippen LogP contribution is 2.77. The lowest BCUT2D eigenvalue weighted by Crippen LogP contribution is -2.70. The largest absolute Gasteiger partial charge is 0.471 e. The van der Waals surface area contributed by atoms with Crippen LogP contribution in [0, 0.1) is 68.0 Å². The number of carbonyl (C=O) groups excluding carboxylic acids is 4. The third-order valence-corrected chi connectivity index (χ3v) is 23.6. The Balaban J connectivity index is 0.998. The van der Waals surface area contributed by atoms with Gasteiger partial charge in [-0.15, -0.1) is 0 Å². The van der Waals surface area contributed by atoms with Crippen molar-refractivity contribution in [1.82, 2.24) is 0 Å². The summed E-state index contributed by atoms with van der Waals surface area (Å²) in [4.78, 5) is 56.5. The van der Waals surface area contributed by atoms with Crippen LogP contribution < -0.4 is 9.47 Å². The number of esters is 1. The predicted molar refractivity (Wildman–Crippen MR) is 258 cm³/mol. The Bertz CT molecular complexity index is 2650. The molecule has 9 aliphatic carbocycles. The molecule has 0 unspecified atom stereocenters. The van der Waals surface area contributed by atoms with E-state index in [2.05, 4.69) is 87.5 Å². The molecule has 0 N–H and O–H groups in total. The van der Waals surface area contributed by atoms with Gasteiger partial charge in [0.05, 0.1) is 12.5 Å². The number of carbonyl (C=O) groups is 4. The first-order chi connectivity index (χ1) is 31.1. The Morgan fingerprint density at radius 2 is 1.31 bits per heavy atom. The summed E-state index contributed by atoms with van der Waals surface area (Å²) in [5.41, 5.74) is 3.47. The minimum atomic E-state index is -1.82. The average molecular weight is 913 g/mol. The van der Waals surface area contributed by atoms with Crippen LogP contribution in [0.5, 0.6) is 11.5 Å². The van der Waals surface area contributed by atoms with Gasteiger partial charge in [0, 0.05) is 47.0 Å². The van der Waals surface area contributed by atoms with Crippen LogP contribution in [0.25, 0.3) is 0 Å². The normalized spacial score (nSPS) is 49.0. The Labute approximate surface area is 399 Å². The monoisotopic (exact) mass is 913 g/mol. The van der Waals surface area contributed by atoms with Gasteiger partial charge in [-0.25, -0.2) is 0 Å². The van der Waals surface area contributed by atoms with Crippen molar-refractivity contribution in [1.29, 1.82) is 0 Å². The first-order valence-electron chi connectivity index (χ1n) is 25.8. The van der Waals surface area contributed by atoms with Crippen LogP contribution in [0.1, 0.15) is 181 Å². The van der Waals surface area contributed by atoms with Gasteiger partial charge in [-0.05, 0) is 177 Å². The molecule has 67 heavy (non-hydrogen) atoms. The zero-order valence-electron chi connectivity index (χ0n) is 43.1. The molecule has 14 atom stereocenters. The van der Waals surface area contributed by atoms with E-state index in [1.807, 2.05) is 19.9 Å². The second-order valence-corrected chi connectivity index (χ2v) is 26.4. The van der Waals surface area contributed by atoms with Gasteiger partial charge >= 0.3 is 11.8 Å². The van der Waals surface area contributed by atoms with Gasteiger partial charge in [-0.1, -0.05) is 80.0 Å². The van der Waals surface area contributed by atoms with Crippen LogP contribution in [0.2, 0.25) is 0 Å². The van der Waals surface area contributed by atoms with Crippen LogP contribution in [-0.4, -0.2) is 48.9 Å². The van der Waals surface area contributed by atoms with Crippen molar-refractivity contribution < 1.29 is 38.1 Å². The fourth-order valence-electron chi connectivity index (χ4n) is 18.7. The van der Waals surface area contributed by atoms with E-state index < -0.39 is 27.6 Å². The van der Waals surface area contributed by atoms with Gasteiger partial charge in [0.25, 0.3) is 0 Å². The van der Waals surface area contributed by atoms with Crippen molar-refractivity contribution in [2.75, 3.05) is 14.2 Å². The highest BCUT2D eigenvalue weighted by molar-refractivity contribution is 6.10. The third-order valence-electron chi connectivity index (χ3n) is 23.6. The fraction of sp³-hybridized carbons (Fsp3) is 0.695. The number of hydrogen-bond acceptors (Lipinski definition) is 8. The van der Waals surface area contributed by atoms with E-state index in [4.69, 9.17) is 18.9 Å². The van der Waals surface area contributed by atoms with Crippen molar-refractivity contribution in [3.8, 4) is 11.5 Å². The lowest BCUT2D eigenvalue weighted by molar-refractivity contribution is -0.244. The number of Topliss-reactive ketones (excluding diaryl/α,β-unsaturated/α-hetero) is 1. The molecule has 0 bridgehead atoms. The molecule has 1 aromatic carbocycles. The average Bonchev–Trinajstić information content (AvgIpc) is 3.27. The third kappa shape index (κ3) is 5.11. The second-order valence-electron chi connectivity index (χ2n) is 26.4. The molecule has 1 heterocycles. The number of benzene rings is 1. The molecule has 0 saturated heterocycles. The molecule has 0 radical (unpaired) electrons. The lowest BCUT2D eigenvalue weighted by Gasteiger charge is -2.69. The summed E-state index contributed by atoms with van der Waals surface area (Å²) in [6.07, 6.45) is 20.2. The quantitative estimate of drug-likeness (QED) is 0.270. The van der Waals surface area contributed by atoms with Crippen molar-refractivity contribution >= 4 is 23.3 Å². The van der Waals surface area contributed by atoms with E-state index in [-0.39, 0.29) is 61.9 Å². The number of ketones is 3. The summed E-state index contributed by atoms with van der Waals surface area (Å²) >= 11 is 0. The van der Waals surface area contributed by atoms with Crippen LogP contribution in [0.15, 0.2) is 52.7 Å². The Morgan fingerprint density at radius 3 is 1.99 bits per heavy atom. The van der Waals surface area contributed by atoms with E-state index in [9.17, 15) is 14.4 Å². The summed E-state index contributed by atoms with van der Waals surface area (Å²) in [6.45, 7) is 27.5. The first kappa shape index (κ1) is 45.7. The van der Waals surface area contributed by atoms with Gasteiger partial charge in [0.1, 0.15) is 5.78 Å². The zero-order valence-corrected chi connectivity index (χ0v) is 43.1. The standard InChI is InChI=1S/C59H76O8/c1-33-27-42-50(4,31-39(33)61)20-24-54(8)41-16-15-35-36(52(41,6)21-25-55(42,54)9)29-45(62)59(65-14)58(35,12)66-40-28-37-46(34(2)47(40)67-59)38(60)30-43-53(37,7)22-26-57(11)44-32-51(5,48(63)64-13)18-17-49(44,3)19-23-56(43,57)10/h15-16,28-30,33,42,44H,17-27,31-32H2,1-14H3/t33-,42-,44-,49-,50+,51-,52+,53+,54-,55+,56-,57+,58+,59-/m1/s1. The molecule has 10 aliphatic rings. The van der Waals surface area contributed by atoms with Crippen molar-refractivity contribution in [3.63, 3.8) is 0 Å². The maximum Gasteiger partial charge on any atom is 0.319 e. The Kier molecular flexibility index (Phi) is 9.09. The first-order valence-corrected chi connectivity index (χ1v) is 25.8. The van der Waals surface area contributed by atoms with Crippen LogP contribution in [0.3, 0.4) is 0 Å². The van der Waals surface area contributed by atoms with Crippen LogP contribution >= 0.6 is 0 Å². The Hall–Kier alpha value is -3.78. The smallest absolute Gasteiger partial charge is 0.319 e. The molecular weight excluding hydrogens is 837 g/mol. The SMILES string of the molecule is COC(=O)[C@]1(C)CC[C@]2(C)CC[C@]3(C)C4=CC(=O)c5c(cc6c(c5C)O[C@]5(OC)C(=O)C=C7C(=CC=C8[C@@]7(C)CC[C@@]7(C)[C@@H]9C[C@@H](C)C(=O)C[C@]9(C)CC[C@]87C)[C@]5(C)O6)[C@]4(C)CC[C@@]3(C)[C@@H]2C1. The summed E-state index contributed by atoms with van der Waals surface area (Å²) in [5, 5.41) is 0. The van der Waals surface area contributed by atoms with E-state index in [1.165, 1.54) is 25.4 Å². The number of methoxy groups -OCH3 is 2. The molecule has 8 heteroatoms. The maximum absolute atomic E-state index is 15.1. The van der Waals surface area contributed by atoms with E-state index in [1.54, 1.807) is 6.08 Å². The van der Waals surface area contributed by atoms with Gasteiger partial charge in [0.15, 0.2) is 17.3 Å². The van der Waals surface area contributed by atoms with Gasteiger partial charge in [-0.3, -0.25) is 19.2 Å². The van der Waals surface area contributed by atoms with Gasteiger partial charge < -0.3 is 18.9 Å². The zero-order chi connectivity index (χ0) is 48.3. The van der Waals surface area contributed by atoms with Crippen molar-refractivity contribution in [3.05, 3.63) is 69.4 Å². The highest BCUT2D eigenvalue weighted by Gasteiger charge is 2.73. The predicted octanol–water partition coefficient (Wildman–Crippen LogP) is 12.4. The van der Waals surface area contributed by atoms with E-state index >= 15 is 4.79 Å². The topological polar surface area (TPSA) is 105 Å². The number of allylic oxidation sites excluding steroid dienone is 5. The minimum absolute atomic E-state index is 0.000255. The number of ether oxygens (including phenoxy) is 4.